The number of hydrogen-bond acceptors (Lipinski definition) is 4. The number of anilines is 1. The highest BCUT2D eigenvalue weighted by atomic mass is 32.2. The third-order valence-electron chi connectivity index (χ3n) is 3.29. The van der Waals surface area contributed by atoms with Crippen LogP contribution in [0.3, 0.4) is 0 Å². The predicted octanol–water partition coefficient (Wildman–Crippen LogP) is 2.34. The smallest absolute Gasteiger partial charge is 0.356 e. The summed E-state index contributed by atoms with van der Waals surface area (Å²) in [6.45, 7) is 0. The van der Waals surface area contributed by atoms with Gasteiger partial charge in [0.25, 0.3) is 0 Å². The second kappa shape index (κ2) is 5.13. The van der Waals surface area contributed by atoms with Crippen LogP contribution in [0.15, 0.2) is 24.4 Å². The first kappa shape index (κ1) is 12.3. The van der Waals surface area contributed by atoms with Gasteiger partial charge in [-0.15, -0.1) is 0 Å². The van der Waals surface area contributed by atoms with Crippen molar-refractivity contribution in [2.45, 2.75) is 18.9 Å². The molecule has 0 spiro atoms. The number of pyridine rings is 1. The topological polar surface area (TPSA) is 66.6 Å². The minimum atomic E-state index is -0.952. The summed E-state index contributed by atoms with van der Waals surface area (Å²) in [5.74, 6) is 1.77. The molecule has 0 aliphatic carbocycles. The van der Waals surface area contributed by atoms with Crippen LogP contribution in [0.4, 0.5) is 5.82 Å². The van der Waals surface area contributed by atoms with Crippen molar-refractivity contribution in [2.24, 2.45) is 0 Å². The van der Waals surface area contributed by atoms with E-state index in [2.05, 4.69) is 10.3 Å². The Kier molecular flexibility index (Phi) is 3.33. The first-order chi connectivity index (χ1) is 9.25. The molecule has 19 heavy (non-hydrogen) atoms. The number of imidazole rings is 1. The third-order valence-corrected chi connectivity index (χ3v) is 4.34. The fourth-order valence-corrected chi connectivity index (χ4v) is 3.44. The summed E-state index contributed by atoms with van der Waals surface area (Å²) in [5, 5.41) is 12.7. The molecule has 0 amide bonds. The molecule has 2 N–H and O–H groups in total. The average molecular weight is 277 g/mol. The molecule has 3 rings (SSSR count). The van der Waals surface area contributed by atoms with Gasteiger partial charge in [0, 0.05) is 12.2 Å². The molecular weight excluding hydrogens is 262 g/mol. The summed E-state index contributed by atoms with van der Waals surface area (Å²) in [7, 11) is 0. The second-order valence-electron chi connectivity index (χ2n) is 4.57. The van der Waals surface area contributed by atoms with E-state index >= 15 is 0 Å². The monoisotopic (exact) mass is 277 g/mol. The summed E-state index contributed by atoms with van der Waals surface area (Å²) in [6, 6.07) is 5.80. The lowest BCUT2D eigenvalue weighted by Crippen LogP contribution is -2.25. The van der Waals surface area contributed by atoms with Crippen LogP contribution >= 0.6 is 11.8 Å². The van der Waals surface area contributed by atoms with Crippen LogP contribution in [0.1, 0.15) is 23.3 Å². The normalized spacial score (nSPS) is 16.6. The Hall–Kier alpha value is -1.69. The maximum atomic E-state index is 11.4. The van der Waals surface area contributed by atoms with E-state index in [0.29, 0.717) is 17.5 Å². The van der Waals surface area contributed by atoms with Crippen molar-refractivity contribution in [3.8, 4) is 0 Å². The Balaban J connectivity index is 1.97. The Morgan fingerprint density at radius 2 is 2.21 bits per heavy atom. The molecule has 3 heterocycles. The van der Waals surface area contributed by atoms with Gasteiger partial charge in [-0.2, -0.15) is 11.8 Å². The maximum Gasteiger partial charge on any atom is 0.356 e. The molecule has 1 fully saturated rings. The number of rotatable bonds is 3. The van der Waals surface area contributed by atoms with Gasteiger partial charge in [-0.05, 0) is 36.5 Å². The summed E-state index contributed by atoms with van der Waals surface area (Å²) < 4.78 is 1.61. The standard InChI is InChI=1S/C13H15N3O2S/c17-13(18)11-12(14-9-4-7-19-8-5-9)15-10-3-1-2-6-16(10)11/h1-3,6,9,14H,4-5,7-8H2,(H,17,18). The fourth-order valence-electron chi connectivity index (χ4n) is 2.34. The van der Waals surface area contributed by atoms with Crippen molar-refractivity contribution in [3.05, 3.63) is 30.1 Å². The number of aromatic carboxylic acids is 1. The number of nitrogens with zero attached hydrogens (tertiary/aromatic N) is 2. The number of aromatic nitrogens is 2. The van der Waals surface area contributed by atoms with Gasteiger partial charge in [-0.25, -0.2) is 9.78 Å². The van der Waals surface area contributed by atoms with Crippen LogP contribution in [0.2, 0.25) is 0 Å². The molecule has 0 saturated carbocycles. The number of nitrogens with one attached hydrogen (secondary N) is 1. The molecule has 0 atom stereocenters. The van der Waals surface area contributed by atoms with E-state index in [0.717, 1.165) is 24.3 Å². The van der Waals surface area contributed by atoms with Gasteiger partial charge >= 0.3 is 5.97 Å². The van der Waals surface area contributed by atoms with E-state index in [1.54, 1.807) is 10.6 Å². The fraction of sp³-hybridized carbons (Fsp3) is 0.385. The Morgan fingerprint density at radius 3 is 2.95 bits per heavy atom. The average Bonchev–Trinajstić information content (AvgIpc) is 2.77. The molecule has 5 nitrogen and oxygen atoms in total. The molecule has 2 aromatic rings. The lowest BCUT2D eigenvalue weighted by Gasteiger charge is -2.22. The Bertz CT molecular complexity index is 605. The number of carboxylic acids is 1. The van der Waals surface area contributed by atoms with Gasteiger partial charge in [-0.3, -0.25) is 4.40 Å². The highest BCUT2D eigenvalue weighted by molar-refractivity contribution is 7.99. The van der Waals surface area contributed by atoms with E-state index in [9.17, 15) is 9.90 Å². The van der Waals surface area contributed by atoms with Crippen LogP contribution in [-0.4, -0.2) is 38.0 Å². The quantitative estimate of drug-likeness (QED) is 0.901. The number of fused-ring (bicyclic) bond motifs is 1. The van der Waals surface area contributed by atoms with Crippen LogP contribution in [-0.2, 0) is 0 Å². The van der Waals surface area contributed by atoms with Crippen molar-refractivity contribution in [1.29, 1.82) is 0 Å². The molecule has 1 aliphatic heterocycles. The summed E-state index contributed by atoms with van der Waals surface area (Å²) >= 11 is 1.94. The zero-order valence-electron chi connectivity index (χ0n) is 10.4. The molecule has 1 saturated heterocycles. The molecule has 1 aliphatic rings. The van der Waals surface area contributed by atoms with E-state index < -0.39 is 5.97 Å². The van der Waals surface area contributed by atoms with Crippen molar-refractivity contribution in [1.82, 2.24) is 9.38 Å². The Labute approximate surface area is 115 Å². The number of thioether (sulfide) groups is 1. The van der Waals surface area contributed by atoms with Crippen LogP contribution in [0.5, 0.6) is 0 Å². The van der Waals surface area contributed by atoms with E-state index in [4.69, 9.17) is 0 Å². The van der Waals surface area contributed by atoms with E-state index in [1.807, 2.05) is 30.0 Å². The lowest BCUT2D eigenvalue weighted by molar-refractivity contribution is 0.0690. The van der Waals surface area contributed by atoms with Crippen molar-refractivity contribution in [3.63, 3.8) is 0 Å². The van der Waals surface area contributed by atoms with Crippen LogP contribution in [0.25, 0.3) is 5.65 Å². The second-order valence-corrected chi connectivity index (χ2v) is 5.80. The molecular formula is C13H15N3O2S. The summed E-state index contributed by atoms with van der Waals surface area (Å²) in [6.07, 6.45) is 3.84. The van der Waals surface area contributed by atoms with Crippen LogP contribution < -0.4 is 5.32 Å². The number of hydrogen-bond donors (Lipinski definition) is 2. The SMILES string of the molecule is O=C(O)c1c(NC2CCSCC2)nc2ccccn12. The predicted molar refractivity (Wildman–Crippen MR) is 76.1 cm³/mol. The molecule has 6 heteroatoms. The van der Waals surface area contributed by atoms with Crippen molar-refractivity contribution >= 4 is 29.2 Å². The molecule has 0 aromatic carbocycles. The lowest BCUT2D eigenvalue weighted by atomic mass is 10.1. The van der Waals surface area contributed by atoms with E-state index in [-0.39, 0.29) is 5.69 Å². The van der Waals surface area contributed by atoms with Gasteiger partial charge in [-0.1, -0.05) is 6.07 Å². The first-order valence-corrected chi connectivity index (χ1v) is 7.46. The number of carbonyl (C=O) groups is 1. The van der Waals surface area contributed by atoms with Crippen molar-refractivity contribution < 1.29 is 9.90 Å². The summed E-state index contributed by atoms with van der Waals surface area (Å²) in [5.41, 5.74) is 0.876. The molecule has 100 valence electrons. The van der Waals surface area contributed by atoms with Crippen molar-refractivity contribution in [2.75, 3.05) is 16.8 Å². The van der Waals surface area contributed by atoms with Crippen LogP contribution in [0, 0.1) is 0 Å². The largest absolute Gasteiger partial charge is 0.476 e. The van der Waals surface area contributed by atoms with Gasteiger partial charge < -0.3 is 10.4 Å². The highest BCUT2D eigenvalue weighted by Gasteiger charge is 2.21. The maximum absolute atomic E-state index is 11.4. The van der Waals surface area contributed by atoms with Gasteiger partial charge in [0.05, 0.1) is 0 Å². The zero-order valence-corrected chi connectivity index (χ0v) is 11.2. The zero-order chi connectivity index (χ0) is 13.2. The van der Waals surface area contributed by atoms with Gasteiger partial charge in [0.1, 0.15) is 5.65 Å². The van der Waals surface area contributed by atoms with E-state index in [1.165, 1.54) is 0 Å². The first-order valence-electron chi connectivity index (χ1n) is 6.30. The molecule has 0 unspecified atom stereocenters. The molecule has 0 radical (unpaired) electrons. The third kappa shape index (κ3) is 2.40. The van der Waals surface area contributed by atoms with Gasteiger partial charge in [0.2, 0.25) is 0 Å². The van der Waals surface area contributed by atoms with Gasteiger partial charge in [0.15, 0.2) is 11.5 Å². The molecule has 0 bridgehead atoms. The molecule has 2 aromatic heterocycles. The summed E-state index contributed by atoms with van der Waals surface area (Å²) in [4.78, 5) is 15.8. The minimum Gasteiger partial charge on any atom is -0.476 e. The highest BCUT2D eigenvalue weighted by Crippen LogP contribution is 2.23. The number of carboxylic acid groups (broad SMARTS) is 1. The Morgan fingerprint density at radius 1 is 1.42 bits per heavy atom. The minimum absolute atomic E-state index is 0.217.